The van der Waals surface area contributed by atoms with Crippen molar-refractivity contribution in [2.24, 2.45) is 0 Å². The molecule has 0 fully saturated rings. The Morgan fingerprint density at radius 3 is 2.05 bits per heavy atom. The molecule has 7 aromatic carbocycles. The van der Waals surface area contributed by atoms with E-state index in [4.69, 9.17) is 15.5 Å². The van der Waals surface area contributed by atoms with Gasteiger partial charge in [0, 0.05) is 44.0 Å². The molecule has 2 heterocycles. The first-order valence-electron chi connectivity index (χ1n) is 21.5. The molecule has 0 unspecified atom stereocenters. The molecule has 1 N–H and O–H groups in total. The average molecular weight is 950 g/mol. The van der Waals surface area contributed by atoms with Crippen LogP contribution in [0.5, 0.6) is 5.75 Å². The van der Waals surface area contributed by atoms with E-state index in [2.05, 4.69) is 48.5 Å². The monoisotopic (exact) mass is 949 g/mol. The number of pyridine rings is 1. The van der Waals surface area contributed by atoms with Crippen LogP contribution < -0.4 is 0 Å². The van der Waals surface area contributed by atoms with Crippen LogP contribution in [-0.2, 0) is 21.1 Å². The van der Waals surface area contributed by atoms with E-state index < -0.39 is 12.7 Å². The third kappa shape index (κ3) is 7.69. The number of rotatable bonds is 8. The average Bonchev–Trinajstić information content (AvgIpc) is 3.67. The number of hydrogen-bond acceptors (Lipinski definition) is 3. The van der Waals surface area contributed by atoms with Gasteiger partial charge in [-0.3, -0.25) is 9.55 Å². The summed E-state index contributed by atoms with van der Waals surface area (Å²) in [4.78, 5) is 10.3. The topological polar surface area (TPSA) is 50.9 Å². The number of fused-ring (bicyclic) bond motifs is 1. The van der Waals surface area contributed by atoms with Crippen molar-refractivity contribution in [3.8, 4) is 78.6 Å². The quantitative estimate of drug-likeness (QED) is 0.154. The van der Waals surface area contributed by atoms with Gasteiger partial charge in [-0.25, -0.2) is 4.98 Å². The Labute approximate surface area is 366 Å². The predicted molar refractivity (Wildman–Crippen MR) is 240 cm³/mol. The number of phenolic OH excluding ortho intramolecular Hbond substituents is 1. The van der Waals surface area contributed by atoms with Crippen molar-refractivity contribution in [2.75, 3.05) is 0 Å². The SMILES string of the molecule is [2H]C([2H])([2H])c1ccc(-n2c(-c3cc(C)cc(C)c3O)nc3c(-c4[c-]c(-c5cc(-c6ccc(C([2H])(C)C)cc6)ccn5)cc(-c5ccccc5)c4)cccc32)c(-c2ccccc2)c1.[Pt]. The van der Waals surface area contributed by atoms with Crippen LogP contribution in [0.25, 0.3) is 83.9 Å². The molecule has 0 saturated carbocycles. The van der Waals surface area contributed by atoms with Gasteiger partial charge < -0.3 is 5.11 Å². The third-order valence-electron chi connectivity index (χ3n) is 10.8. The number of hydrogen-bond donors (Lipinski definition) is 1. The van der Waals surface area contributed by atoms with Crippen molar-refractivity contribution < 1.29 is 31.7 Å². The summed E-state index contributed by atoms with van der Waals surface area (Å²) in [7, 11) is 0. The first kappa shape index (κ1) is 34.7. The van der Waals surface area contributed by atoms with Crippen molar-refractivity contribution in [2.45, 2.75) is 40.4 Å². The van der Waals surface area contributed by atoms with E-state index in [0.29, 0.717) is 16.9 Å². The number of aryl methyl sites for hydroxylation is 3. The van der Waals surface area contributed by atoms with Crippen molar-refractivity contribution in [3.05, 3.63) is 192 Å². The standard InChI is InChI=1S/C54H44N3O.Pt/c1-34(2)38-20-22-40(23-21-38)42-25-26-55-49(33-42)45-31-43(39-13-8-6-9-14-39)30-44(32-45)46-17-12-18-51-52(46)56-54(48-29-36(4)27-37(5)53(48)58)57(51)50-24-19-35(3)28-47(50)41-15-10-7-11-16-41;/h6-31,33-34,58H,1-5H3;/q-1;/i3D3,34D;. The molecule has 0 aliphatic carbocycles. The number of imidazole rings is 1. The number of aromatic hydroxyl groups is 1. The molecule has 0 bridgehead atoms. The third-order valence-corrected chi connectivity index (χ3v) is 10.8. The van der Waals surface area contributed by atoms with Gasteiger partial charge in [0.05, 0.1) is 22.3 Å². The van der Waals surface area contributed by atoms with Crippen LogP contribution in [0.1, 0.15) is 47.5 Å². The van der Waals surface area contributed by atoms with Crippen molar-refractivity contribution >= 4 is 11.0 Å². The molecular weight excluding hydrogens is 902 g/mol. The van der Waals surface area contributed by atoms with E-state index in [1.165, 1.54) is 0 Å². The van der Waals surface area contributed by atoms with Crippen LogP contribution in [0.4, 0.5) is 0 Å². The smallest absolute Gasteiger partial charge is 0.148 e. The van der Waals surface area contributed by atoms with Gasteiger partial charge in [0.15, 0.2) is 0 Å². The number of phenols is 1. The van der Waals surface area contributed by atoms with E-state index in [0.717, 1.165) is 83.7 Å². The molecule has 0 spiro atoms. The molecule has 292 valence electrons. The maximum absolute atomic E-state index is 11.7. The van der Waals surface area contributed by atoms with Gasteiger partial charge in [0.1, 0.15) is 11.6 Å². The molecule has 0 aliphatic heterocycles. The zero-order valence-electron chi connectivity index (χ0n) is 37.2. The minimum absolute atomic E-state index is 0. The molecule has 9 aromatic rings. The summed E-state index contributed by atoms with van der Waals surface area (Å²) < 4.78 is 35.4. The second-order valence-corrected chi connectivity index (χ2v) is 15.1. The van der Waals surface area contributed by atoms with Crippen LogP contribution >= 0.6 is 0 Å². The zero-order chi connectivity index (χ0) is 43.3. The van der Waals surface area contributed by atoms with Crippen molar-refractivity contribution in [3.63, 3.8) is 0 Å². The first-order valence-corrected chi connectivity index (χ1v) is 19.5. The van der Waals surface area contributed by atoms with Gasteiger partial charge in [0.2, 0.25) is 0 Å². The largest absolute Gasteiger partial charge is 0.507 e. The summed E-state index contributed by atoms with van der Waals surface area (Å²) >= 11 is 0. The van der Waals surface area contributed by atoms with Crippen LogP contribution in [0, 0.1) is 26.8 Å². The van der Waals surface area contributed by atoms with Crippen molar-refractivity contribution in [1.29, 1.82) is 0 Å². The summed E-state index contributed by atoms with van der Waals surface area (Å²) in [5, 5.41) is 11.7. The molecule has 2 aromatic heterocycles. The number of benzene rings is 7. The fraction of sp³-hybridized carbons (Fsp3) is 0.111. The Bertz CT molecular complexity index is 3120. The van der Waals surface area contributed by atoms with Gasteiger partial charge in [-0.1, -0.05) is 151 Å². The summed E-state index contributed by atoms with van der Waals surface area (Å²) in [5.41, 5.74) is 14.4. The van der Waals surface area contributed by atoms with Crippen LogP contribution in [0.15, 0.2) is 164 Å². The van der Waals surface area contributed by atoms with E-state index in [-0.39, 0.29) is 32.4 Å². The van der Waals surface area contributed by atoms with E-state index >= 15 is 0 Å². The van der Waals surface area contributed by atoms with Gasteiger partial charge >= 0.3 is 0 Å². The summed E-state index contributed by atoms with van der Waals surface area (Å²) in [5.74, 6) is -0.0550. The number of nitrogens with zero attached hydrogens (tertiary/aromatic N) is 3. The molecule has 0 atom stereocenters. The van der Waals surface area contributed by atoms with Crippen LogP contribution in [0.3, 0.4) is 0 Å². The molecule has 0 amide bonds. The normalized spacial score (nSPS) is 12.6. The Kier molecular flexibility index (Phi) is 9.69. The van der Waals surface area contributed by atoms with Crippen molar-refractivity contribution in [1.82, 2.24) is 14.5 Å². The van der Waals surface area contributed by atoms with Crippen LogP contribution in [-0.4, -0.2) is 19.6 Å². The minimum Gasteiger partial charge on any atom is -0.507 e. The van der Waals surface area contributed by atoms with E-state index in [1.54, 1.807) is 12.1 Å². The second-order valence-electron chi connectivity index (χ2n) is 15.1. The summed E-state index contributed by atoms with van der Waals surface area (Å²) in [6.45, 7) is 5.33. The molecule has 59 heavy (non-hydrogen) atoms. The molecule has 0 radical (unpaired) electrons. The molecule has 0 aliphatic rings. The second kappa shape index (κ2) is 16.5. The van der Waals surface area contributed by atoms with Gasteiger partial charge in [-0.05, 0) is 95.9 Å². The molecule has 5 heteroatoms. The van der Waals surface area contributed by atoms with E-state index in [9.17, 15) is 5.11 Å². The molecular formula is C54H44N3OPt-. The van der Waals surface area contributed by atoms with Gasteiger partial charge in [-0.2, -0.15) is 0 Å². The predicted octanol–water partition coefficient (Wildman–Crippen LogP) is 14.0. The van der Waals surface area contributed by atoms with Crippen LogP contribution in [0.2, 0.25) is 0 Å². The molecule has 0 saturated heterocycles. The molecule has 9 rings (SSSR count). The Morgan fingerprint density at radius 2 is 1.32 bits per heavy atom. The number of para-hydroxylation sites is 1. The maximum Gasteiger partial charge on any atom is 0.148 e. The fourth-order valence-electron chi connectivity index (χ4n) is 7.86. The summed E-state index contributed by atoms with van der Waals surface area (Å²) in [6.07, 6.45) is 1.82. The zero-order valence-corrected chi connectivity index (χ0v) is 35.5. The van der Waals surface area contributed by atoms with Gasteiger partial charge in [-0.15, -0.1) is 23.8 Å². The van der Waals surface area contributed by atoms with Gasteiger partial charge in [0.25, 0.3) is 0 Å². The minimum atomic E-state index is -2.32. The fourth-order valence-corrected chi connectivity index (χ4v) is 7.86. The maximum atomic E-state index is 11.7. The molecule has 4 nitrogen and oxygen atoms in total. The Hall–Kier alpha value is -6.35. The summed E-state index contributed by atoms with van der Waals surface area (Å²) in [6, 6.07) is 55.4. The van der Waals surface area contributed by atoms with E-state index in [1.807, 2.05) is 142 Å². The Balaban J connectivity index is 0.00000544. The number of aromatic nitrogens is 3. The Morgan fingerprint density at radius 1 is 0.627 bits per heavy atom. The first-order chi connectivity index (χ1) is 29.7.